The van der Waals surface area contributed by atoms with Crippen LogP contribution in [0.3, 0.4) is 0 Å². The van der Waals surface area contributed by atoms with Gasteiger partial charge in [-0.3, -0.25) is 9.59 Å². The monoisotopic (exact) mass is 423 g/mol. The fourth-order valence-corrected chi connectivity index (χ4v) is 4.60. The van der Waals surface area contributed by atoms with Crippen molar-refractivity contribution in [2.75, 3.05) is 31.1 Å². The third-order valence-electron chi connectivity index (χ3n) is 5.29. The molecule has 0 radical (unpaired) electrons. The van der Waals surface area contributed by atoms with Crippen molar-refractivity contribution in [2.24, 2.45) is 0 Å². The minimum Gasteiger partial charge on any atom is -0.349 e. The number of hydrogen-bond acceptors (Lipinski definition) is 6. The summed E-state index contributed by atoms with van der Waals surface area (Å²) in [7, 11) is 0. The molecule has 7 nitrogen and oxygen atoms in total. The predicted octanol–water partition coefficient (Wildman–Crippen LogP) is 2.92. The molecule has 1 atom stereocenters. The van der Waals surface area contributed by atoms with Gasteiger partial charge in [-0.25, -0.2) is 9.97 Å². The van der Waals surface area contributed by atoms with Gasteiger partial charge < -0.3 is 15.1 Å². The highest BCUT2D eigenvalue weighted by atomic mass is 32.1. The molecular weight excluding hydrogens is 398 g/mol. The lowest BCUT2D eigenvalue weighted by Crippen LogP contribution is -2.49. The maximum Gasteiger partial charge on any atom is 0.225 e. The van der Waals surface area contributed by atoms with Crippen LogP contribution in [-0.2, 0) is 9.59 Å². The molecule has 1 aromatic carbocycles. The molecule has 1 unspecified atom stereocenters. The zero-order valence-electron chi connectivity index (χ0n) is 17.2. The molecule has 3 heterocycles. The lowest BCUT2D eigenvalue weighted by molar-refractivity contribution is -0.132. The second-order valence-corrected chi connectivity index (χ2v) is 8.52. The molecule has 0 spiro atoms. The summed E-state index contributed by atoms with van der Waals surface area (Å²) in [5.74, 6) is -0.0809. The van der Waals surface area contributed by atoms with Crippen LogP contribution in [0.1, 0.15) is 30.5 Å². The normalized spacial score (nSPS) is 15.3. The molecule has 1 saturated heterocycles. The quantitative estimate of drug-likeness (QED) is 0.683. The Labute approximate surface area is 179 Å². The number of amides is 2. The molecule has 1 N–H and O–H groups in total. The van der Waals surface area contributed by atoms with E-state index in [0.717, 1.165) is 39.7 Å². The first-order chi connectivity index (χ1) is 14.5. The Bertz CT molecular complexity index is 1010. The number of aryl methyl sites for hydroxylation is 1. The fourth-order valence-electron chi connectivity index (χ4n) is 3.64. The molecule has 30 heavy (non-hydrogen) atoms. The lowest BCUT2D eigenvalue weighted by Gasteiger charge is -2.35. The number of thiazole rings is 1. The Morgan fingerprint density at radius 1 is 1.13 bits per heavy atom. The van der Waals surface area contributed by atoms with Gasteiger partial charge in [0.15, 0.2) is 5.13 Å². The summed E-state index contributed by atoms with van der Waals surface area (Å²) in [6.45, 7) is 6.26. The van der Waals surface area contributed by atoms with Gasteiger partial charge in [0.1, 0.15) is 10.3 Å². The van der Waals surface area contributed by atoms with Crippen molar-refractivity contribution >= 4 is 38.6 Å². The zero-order valence-corrected chi connectivity index (χ0v) is 18.0. The number of nitrogens with zero attached hydrogens (tertiary/aromatic N) is 4. The molecule has 1 fully saturated rings. The molecule has 3 aromatic rings. The Balaban J connectivity index is 1.38. The number of aromatic nitrogens is 2. The number of carbonyl (C=O) groups excluding carboxylic acids is 2. The number of nitrogens with one attached hydrogen (secondary N) is 1. The number of hydrogen-bond donors (Lipinski definition) is 1. The van der Waals surface area contributed by atoms with Gasteiger partial charge in [0.25, 0.3) is 0 Å². The predicted molar refractivity (Wildman–Crippen MR) is 119 cm³/mol. The Kier molecular flexibility index (Phi) is 5.94. The van der Waals surface area contributed by atoms with E-state index < -0.39 is 0 Å². The van der Waals surface area contributed by atoms with Gasteiger partial charge in [-0.15, -0.1) is 0 Å². The SMILES string of the molecule is CC(=O)NC(CC(=O)N1CCN(c2nc3cccnc3s2)CC1)c1ccc(C)cc1. The summed E-state index contributed by atoms with van der Waals surface area (Å²) in [6, 6.07) is 11.5. The van der Waals surface area contributed by atoms with Gasteiger partial charge in [-0.1, -0.05) is 41.2 Å². The van der Waals surface area contributed by atoms with E-state index >= 15 is 0 Å². The van der Waals surface area contributed by atoms with Crippen LogP contribution in [0.4, 0.5) is 5.13 Å². The summed E-state index contributed by atoms with van der Waals surface area (Å²) in [6.07, 6.45) is 2.04. The van der Waals surface area contributed by atoms with E-state index in [1.165, 1.54) is 6.92 Å². The Morgan fingerprint density at radius 2 is 1.87 bits per heavy atom. The second kappa shape index (κ2) is 8.79. The van der Waals surface area contributed by atoms with E-state index in [-0.39, 0.29) is 24.3 Å². The number of fused-ring (bicyclic) bond motifs is 1. The minimum absolute atomic E-state index is 0.0555. The smallest absolute Gasteiger partial charge is 0.225 e. The number of rotatable bonds is 5. The summed E-state index contributed by atoms with van der Waals surface area (Å²) in [4.78, 5) is 38.7. The van der Waals surface area contributed by atoms with Crippen LogP contribution in [0.5, 0.6) is 0 Å². The van der Waals surface area contributed by atoms with Crippen molar-refractivity contribution in [1.29, 1.82) is 0 Å². The van der Waals surface area contributed by atoms with Gasteiger partial charge in [-0.2, -0.15) is 0 Å². The molecule has 8 heteroatoms. The average Bonchev–Trinajstić information content (AvgIpc) is 3.18. The fraction of sp³-hybridized carbons (Fsp3) is 0.364. The van der Waals surface area contributed by atoms with E-state index in [1.54, 1.807) is 17.5 Å². The third-order valence-corrected chi connectivity index (χ3v) is 6.33. The van der Waals surface area contributed by atoms with E-state index in [2.05, 4.69) is 20.2 Å². The first kappa shape index (κ1) is 20.3. The molecule has 0 aliphatic carbocycles. The van der Waals surface area contributed by atoms with Crippen LogP contribution in [0, 0.1) is 6.92 Å². The molecule has 4 rings (SSSR count). The van der Waals surface area contributed by atoms with Crippen LogP contribution in [0.25, 0.3) is 10.3 Å². The van der Waals surface area contributed by atoms with Crippen LogP contribution in [0.2, 0.25) is 0 Å². The molecule has 156 valence electrons. The summed E-state index contributed by atoms with van der Waals surface area (Å²) in [5.41, 5.74) is 3.00. The minimum atomic E-state index is -0.316. The van der Waals surface area contributed by atoms with E-state index in [1.807, 2.05) is 48.2 Å². The molecule has 2 amide bonds. The van der Waals surface area contributed by atoms with Gasteiger partial charge in [0.05, 0.1) is 12.5 Å². The van der Waals surface area contributed by atoms with Crippen LogP contribution in [-0.4, -0.2) is 52.9 Å². The summed E-state index contributed by atoms with van der Waals surface area (Å²) in [5, 5.41) is 3.87. The molecule has 2 aromatic heterocycles. The highest BCUT2D eigenvalue weighted by molar-refractivity contribution is 7.21. The van der Waals surface area contributed by atoms with Crippen molar-refractivity contribution in [1.82, 2.24) is 20.2 Å². The molecule has 1 aliphatic rings. The number of pyridine rings is 1. The molecule has 0 bridgehead atoms. The Morgan fingerprint density at radius 3 is 2.53 bits per heavy atom. The summed E-state index contributed by atoms with van der Waals surface area (Å²) >= 11 is 1.58. The van der Waals surface area contributed by atoms with Crippen molar-refractivity contribution in [3.63, 3.8) is 0 Å². The largest absolute Gasteiger partial charge is 0.349 e. The number of benzene rings is 1. The van der Waals surface area contributed by atoms with Crippen molar-refractivity contribution < 1.29 is 9.59 Å². The highest BCUT2D eigenvalue weighted by Crippen LogP contribution is 2.28. The average molecular weight is 424 g/mol. The van der Waals surface area contributed by atoms with Crippen LogP contribution >= 0.6 is 11.3 Å². The number of anilines is 1. The topological polar surface area (TPSA) is 78.4 Å². The molecular formula is C22H25N5O2S. The highest BCUT2D eigenvalue weighted by Gasteiger charge is 2.26. The number of piperazine rings is 1. The number of carbonyl (C=O) groups is 2. The first-order valence-electron chi connectivity index (χ1n) is 10.1. The van der Waals surface area contributed by atoms with Crippen LogP contribution < -0.4 is 10.2 Å². The third kappa shape index (κ3) is 4.59. The Hall–Kier alpha value is -3.00. The van der Waals surface area contributed by atoms with Gasteiger partial charge in [-0.05, 0) is 24.6 Å². The van der Waals surface area contributed by atoms with Crippen molar-refractivity contribution in [3.8, 4) is 0 Å². The van der Waals surface area contributed by atoms with E-state index in [0.29, 0.717) is 13.1 Å². The van der Waals surface area contributed by atoms with Gasteiger partial charge in [0, 0.05) is 39.3 Å². The zero-order chi connectivity index (χ0) is 21.1. The second-order valence-electron chi connectivity index (χ2n) is 7.56. The molecule has 0 saturated carbocycles. The molecule has 1 aliphatic heterocycles. The standard InChI is InChI=1S/C22H25N5O2S/c1-15-5-7-17(8-6-15)19(24-16(2)28)14-20(29)26-10-12-27(13-11-26)22-25-18-4-3-9-23-21(18)30-22/h3-9,19H,10-14H2,1-2H3,(H,24,28). The van der Waals surface area contributed by atoms with Gasteiger partial charge in [0.2, 0.25) is 11.8 Å². The maximum absolute atomic E-state index is 12.9. The van der Waals surface area contributed by atoms with Crippen molar-refractivity contribution in [2.45, 2.75) is 26.3 Å². The van der Waals surface area contributed by atoms with Crippen LogP contribution in [0.15, 0.2) is 42.6 Å². The summed E-state index contributed by atoms with van der Waals surface area (Å²) < 4.78 is 0. The van der Waals surface area contributed by atoms with E-state index in [4.69, 9.17) is 0 Å². The van der Waals surface area contributed by atoms with Gasteiger partial charge >= 0.3 is 0 Å². The first-order valence-corrected chi connectivity index (χ1v) is 10.9. The van der Waals surface area contributed by atoms with Crippen molar-refractivity contribution in [3.05, 3.63) is 53.7 Å². The maximum atomic E-state index is 12.9. The lowest BCUT2D eigenvalue weighted by atomic mass is 10.0. The van der Waals surface area contributed by atoms with E-state index in [9.17, 15) is 9.59 Å².